The molecule has 0 radical (unpaired) electrons. The Hall–Kier alpha value is -2.00. The topological polar surface area (TPSA) is 225 Å². The molecule has 0 aromatic heterocycles. The number of carbonyl (C=O) groups is 2. The van der Waals surface area contributed by atoms with Crippen molar-refractivity contribution in [2.45, 2.75) is 173 Å². The molecule has 0 fully saturated rings. The van der Waals surface area contributed by atoms with E-state index in [0.717, 1.165) is 57.8 Å². The first-order chi connectivity index (χ1) is 28.8. The fourth-order valence-electron chi connectivity index (χ4n) is 5.46. The zero-order valence-electron chi connectivity index (χ0n) is 36.4. The lowest BCUT2D eigenvalue weighted by atomic mass is 10.0. The number of phosphoric ester groups is 2. The van der Waals surface area contributed by atoms with E-state index in [4.69, 9.17) is 9.47 Å². The number of ether oxygens (including phenoxy) is 2. The van der Waals surface area contributed by atoms with Gasteiger partial charge in [0.25, 0.3) is 0 Å². The fraction of sp³-hybridized carbons (Fsp3) is 0.767. The number of aliphatic hydroxyl groups is 3. The maximum atomic E-state index is 12.1. The number of hydrogen-bond donors (Lipinski definition) is 5. The van der Waals surface area contributed by atoms with Crippen molar-refractivity contribution in [3.8, 4) is 0 Å². The predicted octanol–water partition coefficient (Wildman–Crippen LogP) is 9.27. The summed E-state index contributed by atoms with van der Waals surface area (Å²) in [6.07, 6.45) is 33.9. The van der Waals surface area contributed by atoms with Crippen LogP contribution >= 0.6 is 15.6 Å². The number of carbonyl (C=O) groups excluding carboxylic acids is 2. The number of unbranched alkanes of at least 4 members (excludes halogenated alkanes) is 17. The van der Waals surface area contributed by atoms with Gasteiger partial charge >= 0.3 is 27.6 Å². The van der Waals surface area contributed by atoms with Crippen LogP contribution in [0.2, 0.25) is 0 Å². The van der Waals surface area contributed by atoms with Gasteiger partial charge in [-0.1, -0.05) is 159 Å². The van der Waals surface area contributed by atoms with Crippen molar-refractivity contribution in [1.82, 2.24) is 0 Å². The van der Waals surface area contributed by atoms with E-state index in [0.29, 0.717) is 12.8 Å². The third-order valence-electron chi connectivity index (χ3n) is 8.89. The van der Waals surface area contributed by atoms with Crippen molar-refractivity contribution in [3.63, 3.8) is 0 Å². The summed E-state index contributed by atoms with van der Waals surface area (Å²) in [6, 6.07) is 0. The molecule has 60 heavy (non-hydrogen) atoms. The molecule has 0 rings (SSSR count). The smallest absolute Gasteiger partial charge is 0.463 e. The van der Waals surface area contributed by atoms with Gasteiger partial charge in [0.1, 0.15) is 31.5 Å². The van der Waals surface area contributed by atoms with Gasteiger partial charge in [-0.3, -0.25) is 27.7 Å². The molecule has 0 aromatic rings. The van der Waals surface area contributed by atoms with E-state index >= 15 is 0 Å². The van der Waals surface area contributed by atoms with Crippen LogP contribution in [0.4, 0.5) is 0 Å². The van der Waals surface area contributed by atoms with Gasteiger partial charge in [0.05, 0.1) is 26.4 Å². The molecule has 0 spiro atoms. The van der Waals surface area contributed by atoms with Crippen molar-refractivity contribution in [2.24, 2.45) is 0 Å². The quantitative estimate of drug-likeness (QED) is 0.0167. The molecule has 5 atom stereocenters. The molecule has 0 aliphatic carbocycles. The predicted molar refractivity (Wildman–Crippen MR) is 233 cm³/mol. The first-order valence-corrected chi connectivity index (χ1v) is 25.0. The van der Waals surface area contributed by atoms with Gasteiger partial charge in [-0.25, -0.2) is 9.13 Å². The average molecular weight is 897 g/mol. The third-order valence-corrected chi connectivity index (χ3v) is 10.8. The standard InChI is InChI=1S/C43H78O15P2/c1-3-5-7-9-11-13-15-17-18-20-22-24-26-28-30-32-43(48)54-34-40(45)36-56-60(51,52)58-38-41(46)37-57-59(49,50)55-35-39(44)33-53-42(47)31-29-27-25-23-21-19-16-14-12-10-8-6-4-2/h5,7,9,11,13,15,17-18,39-41,44-46H,3-4,6,8,10,12,14,16,19-38H2,1-2H3,(H,49,50)(H,51,52)/b7-5+,11-9+,15-13+,18-17-. The molecule has 350 valence electrons. The van der Waals surface area contributed by atoms with Crippen LogP contribution in [0.1, 0.15) is 155 Å². The number of phosphoric acid groups is 2. The van der Waals surface area contributed by atoms with E-state index in [-0.39, 0.29) is 12.8 Å². The Morgan fingerprint density at radius 3 is 1.15 bits per heavy atom. The largest absolute Gasteiger partial charge is 0.472 e. The summed E-state index contributed by atoms with van der Waals surface area (Å²) in [6.45, 7) is 0.236. The monoisotopic (exact) mass is 896 g/mol. The highest BCUT2D eigenvalue weighted by Gasteiger charge is 2.28. The van der Waals surface area contributed by atoms with Gasteiger partial charge in [-0.2, -0.15) is 0 Å². The molecule has 15 nitrogen and oxygen atoms in total. The van der Waals surface area contributed by atoms with Crippen LogP contribution in [-0.2, 0) is 46.3 Å². The second-order valence-corrected chi connectivity index (χ2v) is 17.7. The molecule has 0 aliphatic heterocycles. The molecule has 17 heteroatoms. The average Bonchev–Trinajstić information content (AvgIpc) is 3.22. The summed E-state index contributed by atoms with van der Waals surface area (Å²) in [4.78, 5) is 43.6. The first kappa shape index (κ1) is 58.0. The van der Waals surface area contributed by atoms with E-state index in [1.54, 1.807) is 0 Å². The number of rotatable bonds is 42. The number of allylic oxidation sites excluding steroid dienone is 8. The maximum absolute atomic E-state index is 12.1. The zero-order valence-corrected chi connectivity index (χ0v) is 38.2. The lowest BCUT2D eigenvalue weighted by Gasteiger charge is -2.19. The number of esters is 2. The minimum Gasteiger partial charge on any atom is -0.463 e. The Morgan fingerprint density at radius 2 is 0.767 bits per heavy atom. The van der Waals surface area contributed by atoms with Gasteiger partial charge in [-0.15, -0.1) is 0 Å². The van der Waals surface area contributed by atoms with Crippen molar-refractivity contribution in [2.75, 3.05) is 39.6 Å². The Balaban J connectivity index is 3.95. The summed E-state index contributed by atoms with van der Waals surface area (Å²) in [5.74, 6) is -1.02. The Bertz CT molecular complexity index is 1270. The molecule has 0 heterocycles. The Morgan fingerprint density at radius 1 is 0.450 bits per heavy atom. The lowest BCUT2D eigenvalue weighted by molar-refractivity contribution is -0.148. The highest BCUT2D eigenvalue weighted by molar-refractivity contribution is 7.47. The van der Waals surface area contributed by atoms with Gasteiger partial charge < -0.3 is 34.6 Å². The highest BCUT2D eigenvalue weighted by atomic mass is 31.2. The van der Waals surface area contributed by atoms with E-state index in [2.05, 4.69) is 44.1 Å². The van der Waals surface area contributed by atoms with Crippen molar-refractivity contribution < 1.29 is 71.4 Å². The summed E-state index contributed by atoms with van der Waals surface area (Å²) < 4.78 is 52.8. The van der Waals surface area contributed by atoms with Crippen LogP contribution in [0.5, 0.6) is 0 Å². The Kier molecular flexibility index (Phi) is 38.5. The minimum absolute atomic E-state index is 0.169. The lowest BCUT2D eigenvalue weighted by Crippen LogP contribution is -2.25. The van der Waals surface area contributed by atoms with Gasteiger partial charge in [0, 0.05) is 12.8 Å². The molecule has 0 aliphatic rings. The molecular formula is C43H78O15P2. The van der Waals surface area contributed by atoms with Crippen LogP contribution in [-0.4, -0.2) is 95.0 Å². The Labute approximate surface area is 359 Å². The molecule has 0 saturated heterocycles. The van der Waals surface area contributed by atoms with Crippen molar-refractivity contribution in [3.05, 3.63) is 48.6 Å². The zero-order chi connectivity index (χ0) is 44.6. The maximum Gasteiger partial charge on any atom is 0.472 e. The molecular weight excluding hydrogens is 818 g/mol. The summed E-state index contributed by atoms with van der Waals surface area (Å²) in [5, 5.41) is 29.9. The second-order valence-electron chi connectivity index (χ2n) is 14.8. The second kappa shape index (κ2) is 39.8. The van der Waals surface area contributed by atoms with E-state index in [1.807, 2.05) is 36.5 Å². The van der Waals surface area contributed by atoms with Gasteiger partial charge in [0.15, 0.2) is 0 Å². The summed E-state index contributed by atoms with van der Waals surface area (Å²) in [7, 11) is -9.57. The first-order valence-electron chi connectivity index (χ1n) is 22.0. The normalized spacial score (nSPS) is 15.8. The molecule has 0 aromatic carbocycles. The molecule has 0 amide bonds. The minimum atomic E-state index is -4.79. The van der Waals surface area contributed by atoms with Crippen LogP contribution in [0.25, 0.3) is 0 Å². The van der Waals surface area contributed by atoms with Gasteiger partial charge in [0.2, 0.25) is 0 Å². The van der Waals surface area contributed by atoms with Gasteiger partial charge in [-0.05, 0) is 32.1 Å². The van der Waals surface area contributed by atoms with Crippen LogP contribution in [0, 0.1) is 0 Å². The molecule has 0 saturated carbocycles. The number of hydrogen-bond acceptors (Lipinski definition) is 13. The summed E-state index contributed by atoms with van der Waals surface area (Å²) in [5.41, 5.74) is 0. The van der Waals surface area contributed by atoms with E-state index in [9.17, 15) is 43.8 Å². The van der Waals surface area contributed by atoms with Crippen LogP contribution < -0.4 is 0 Å². The highest BCUT2D eigenvalue weighted by Crippen LogP contribution is 2.45. The molecule has 0 bridgehead atoms. The molecule has 5 unspecified atom stereocenters. The van der Waals surface area contributed by atoms with Crippen LogP contribution in [0.15, 0.2) is 48.6 Å². The van der Waals surface area contributed by atoms with Crippen LogP contribution in [0.3, 0.4) is 0 Å². The molecule has 5 N–H and O–H groups in total. The fourth-order valence-corrected chi connectivity index (χ4v) is 7.05. The van der Waals surface area contributed by atoms with Crippen molar-refractivity contribution >= 4 is 27.6 Å². The van der Waals surface area contributed by atoms with E-state index in [1.165, 1.54) is 57.8 Å². The van der Waals surface area contributed by atoms with Crippen molar-refractivity contribution in [1.29, 1.82) is 0 Å². The third kappa shape index (κ3) is 41.4. The van der Waals surface area contributed by atoms with E-state index < -0.39 is 85.5 Å². The SMILES string of the molecule is CC/C=C/C=C/C=C/C=C\CCCCCCCC(=O)OCC(O)COP(=O)(O)OCC(O)COP(=O)(O)OCC(O)COC(=O)CCCCCCCCCCCCCCC. The summed E-state index contributed by atoms with van der Waals surface area (Å²) >= 11 is 0. The number of aliphatic hydroxyl groups excluding tert-OH is 3.